The number of nitrogens with one attached hydrogen (secondary N) is 2. The highest BCUT2D eigenvalue weighted by molar-refractivity contribution is 6.30. The largest absolute Gasteiger partial charge is 0.340 e. The third-order valence-corrected chi connectivity index (χ3v) is 3.86. The molecule has 0 bridgehead atoms. The van der Waals surface area contributed by atoms with Crippen LogP contribution < -0.4 is 10.6 Å². The molecule has 0 atom stereocenters. The van der Waals surface area contributed by atoms with Gasteiger partial charge in [-0.2, -0.15) is 0 Å². The summed E-state index contributed by atoms with van der Waals surface area (Å²) in [5.74, 6) is 0.249. The fraction of sp³-hybridized carbons (Fsp3) is 0.105. The summed E-state index contributed by atoms with van der Waals surface area (Å²) in [5, 5.41) is 6.64. The Balaban J connectivity index is 1.77. The van der Waals surface area contributed by atoms with Crippen molar-refractivity contribution in [2.24, 2.45) is 0 Å². The zero-order valence-corrected chi connectivity index (χ0v) is 14.6. The minimum atomic E-state index is -0.305. The lowest BCUT2D eigenvalue weighted by atomic mass is 10.2. The van der Waals surface area contributed by atoms with Crippen molar-refractivity contribution in [1.82, 2.24) is 9.97 Å². The van der Waals surface area contributed by atoms with Gasteiger partial charge in [-0.25, -0.2) is 9.97 Å². The Morgan fingerprint density at radius 3 is 2.64 bits per heavy atom. The van der Waals surface area contributed by atoms with E-state index in [1.807, 2.05) is 38.1 Å². The molecule has 0 aliphatic rings. The molecular formula is C19H17ClN4O. The van der Waals surface area contributed by atoms with Gasteiger partial charge in [0.25, 0.3) is 5.91 Å². The van der Waals surface area contributed by atoms with Crippen molar-refractivity contribution in [3.63, 3.8) is 0 Å². The molecule has 3 rings (SSSR count). The van der Waals surface area contributed by atoms with E-state index in [0.717, 1.165) is 16.8 Å². The van der Waals surface area contributed by atoms with Crippen molar-refractivity contribution in [2.75, 3.05) is 10.6 Å². The van der Waals surface area contributed by atoms with E-state index in [1.54, 1.807) is 24.3 Å². The molecular weight excluding hydrogens is 336 g/mol. The lowest BCUT2D eigenvalue weighted by Gasteiger charge is -2.10. The average molecular weight is 353 g/mol. The molecule has 5 nitrogen and oxygen atoms in total. The molecule has 1 heterocycles. The normalized spacial score (nSPS) is 10.4. The van der Waals surface area contributed by atoms with Crippen molar-refractivity contribution < 1.29 is 4.79 Å². The molecule has 0 aliphatic carbocycles. The second-order valence-electron chi connectivity index (χ2n) is 5.70. The lowest BCUT2D eigenvalue weighted by molar-refractivity contribution is 0.102. The van der Waals surface area contributed by atoms with E-state index >= 15 is 0 Å². The third kappa shape index (κ3) is 4.33. The molecule has 0 saturated carbocycles. The summed E-state index contributed by atoms with van der Waals surface area (Å²) in [6.45, 7) is 3.89. The van der Waals surface area contributed by atoms with E-state index in [-0.39, 0.29) is 11.6 Å². The number of amides is 1. The highest BCUT2D eigenvalue weighted by atomic mass is 35.5. The van der Waals surface area contributed by atoms with Gasteiger partial charge in [-0.05, 0) is 55.3 Å². The number of carbonyl (C=O) groups excluding carboxylic acids is 1. The van der Waals surface area contributed by atoms with Gasteiger partial charge in [0.15, 0.2) is 0 Å². The first-order chi connectivity index (χ1) is 12.0. The Morgan fingerprint density at radius 2 is 1.88 bits per heavy atom. The highest BCUT2D eigenvalue weighted by Crippen LogP contribution is 2.21. The average Bonchev–Trinajstić information content (AvgIpc) is 2.57. The smallest absolute Gasteiger partial charge is 0.274 e. The van der Waals surface area contributed by atoms with E-state index < -0.39 is 0 Å². The molecule has 2 aromatic carbocycles. The van der Waals surface area contributed by atoms with Crippen LogP contribution in [0.5, 0.6) is 0 Å². The minimum Gasteiger partial charge on any atom is -0.340 e. The summed E-state index contributed by atoms with van der Waals surface area (Å²) in [7, 11) is 0. The number of hydrogen-bond acceptors (Lipinski definition) is 4. The van der Waals surface area contributed by atoms with Crippen LogP contribution in [0.25, 0.3) is 0 Å². The SMILES string of the molecule is Cc1cccc(Nc2cc(C(=O)Nc3ccc(Cl)cc3C)ncn2)c1. The zero-order valence-electron chi connectivity index (χ0n) is 13.9. The second kappa shape index (κ2) is 7.32. The predicted molar refractivity (Wildman–Crippen MR) is 101 cm³/mol. The Labute approximate surface area is 151 Å². The number of aromatic nitrogens is 2. The van der Waals surface area contributed by atoms with Crippen LogP contribution in [0.15, 0.2) is 54.9 Å². The summed E-state index contributed by atoms with van der Waals surface area (Å²) in [5.41, 5.74) is 3.89. The highest BCUT2D eigenvalue weighted by Gasteiger charge is 2.11. The van der Waals surface area contributed by atoms with Crippen molar-refractivity contribution >= 4 is 34.7 Å². The van der Waals surface area contributed by atoms with E-state index in [2.05, 4.69) is 20.6 Å². The number of halogens is 1. The molecule has 25 heavy (non-hydrogen) atoms. The maximum absolute atomic E-state index is 12.4. The summed E-state index contributed by atoms with van der Waals surface area (Å²) in [6.07, 6.45) is 1.36. The number of anilines is 3. The van der Waals surface area contributed by atoms with Gasteiger partial charge in [0.05, 0.1) is 0 Å². The standard InChI is InChI=1S/C19H17ClN4O/c1-12-4-3-5-15(8-12)23-18-10-17(21-11-22-18)19(25)24-16-7-6-14(20)9-13(16)2/h3-11H,1-2H3,(H,24,25)(H,21,22,23). The van der Waals surface area contributed by atoms with Gasteiger partial charge in [0.2, 0.25) is 0 Å². The molecule has 3 aromatic rings. The molecule has 0 radical (unpaired) electrons. The summed E-state index contributed by atoms with van der Waals surface area (Å²) < 4.78 is 0. The van der Waals surface area contributed by atoms with Crippen LogP contribution in [-0.4, -0.2) is 15.9 Å². The number of hydrogen-bond donors (Lipinski definition) is 2. The molecule has 6 heteroatoms. The van der Waals surface area contributed by atoms with Crippen LogP contribution in [0.3, 0.4) is 0 Å². The number of nitrogens with zero attached hydrogens (tertiary/aromatic N) is 2. The minimum absolute atomic E-state index is 0.277. The van der Waals surface area contributed by atoms with E-state index in [1.165, 1.54) is 6.33 Å². The van der Waals surface area contributed by atoms with Gasteiger partial charge >= 0.3 is 0 Å². The number of rotatable bonds is 4. The predicted octanol–water partition coefficient (Wildman–Crippen LogP) is 4.74. The van der Waals surface area contributed by atoms with Gasteiger partial charge in [-0.1, -0.05) is 23.7 Å². The van der Waals surface area contributed by atoms with Crippen LogP contribution in [-0.2, 0) is 0 Å². The van der Waals surface area contributed by atoms with Crippen molar-refractivity contribution in [2.45, 2.75) is 13.8 Å². The van der Waals surface area contributed by atoms with Crippen LogP contribution in [0.1, 0.15) is 21.6 Å². The second-order valence-corrected chi connectivity index (χ2v) is 6.13. The number of aryl methyl sites for hydroxylation is 2. The van der Waals surface area contributed by atoms with E-state index in [9.17, 15) is 4.79 Å². The summed E-state index contributed by atoms with van der Waals surface area (Å²) in [4.78, 5) is 20.7. The number of carbonyl (C=O) groups is 1. The first-order valence-corrected chi connectivity index (χ1v) is 8.12. The molecule has 2 N–H and O–H groups in total. The van der Waals surface area contributed by atoms with Gasteiger partial charge in [-0.3, -0.25) is 4.79 Å². The van der Waals surface area contributed by atoms with Gasteiger partial charge in [0, 0.05) is 22.5 Å². The molecule has 1 amide bonds. The molecule has 0 saturated heterocycles. The maximum Gasteiger partial charge on any atom is 0.274 e. The molecule has 0 unspecified atom stereocenters. The Kier molecular flexibility index (Phi) is 4.95. The summed E-state index contributed by atoms with van der Waals surface area (Å²) >= 11 is 5.94. The van der Waals surface area contributed by atoms with Crippen LogP contribution in [0, 0.1) is 13.8 Å². The molecule has 0 spiro atoms. The van der Waals surface area contributed by atoms with Crippen LogP contribution in [0.2, 0.25) is 5.02 Å². The van der Waals surface area contributed by atoms with Crippen molar-refractivity contribution in [3.8, 4) is 0 Å². The van der Waals surface area contributed by atoms with Gasteiger partial charge in [0.1, 0.15) is 17.8 Å². The Hall–Kier alpha value is -2.92. The first-order valence-electron chi connectivity index (χ1n) is 7.74. The van der Waals surface area contributed by atoms with Crippen molar-refractivity contribution in [1.29, 1.82) is 0 Å². The first kappa shape index (κ1) is 16.9. The molecule has 0 aliphatic heterocycles. The Bertz CT molecular complexity index is 927. The fourth-order valence-corrected chi connectivity index (χ4v) is 2.60. The quantitative estimate of drug-likeness (QED) is 0.711. The zero-order chi connectivity index (χ0) is 17.8. The Morgan fingerprint density at radius 1 is 1.04 bits per heavy atom. The maximum atomic E-state index is 12.4. The molecule has 126 valence electrons. The van der Waals surface area contributed by atoms with Gasteiger partial charge in [-0.15, -0.1) is 0 Å². The van der Waals surface area contributed by atoms with Crippen molar-refractivity contribution in [3.05, 3.63) is 76.7 Å². The molecule has 0 fully saturated rings. The fourth-order valence-electron chi connectivity index (χ4n) is 2.37. The number of benzene rings is 2. The van der Waals surface area contributed by atoms with E-state index in [4.69, 9.17) is 11.6 Å². The van der Waals surface area contributed by atoms with Crippen LogP contribution in [0.4, 0.5) is 17.2 Å². The summed E-state index contributed by atoms with van der Waals surface area (Å²) in [6, 6.07) is 14.8. The topological polar surface area (TPSA) is 66.9 Å². The third-order valence-electron chi connectivity index (χ3n) is 3.63. The van der Waals surface area contributed by atoms with Gasteiger partial charge < -0.3 is 10.6 Å². The monoisotopic (exact) mass is 352 g/mol. The van der Waals surface area contributed by atoms with Crippen LogP contribution >= 0.6 is 11.6 Å². The molecule has 1 aromatic heterocycles. The lowest BCUT2D eigenvalue weighted by Crippen LogP contribution is -2.15. The van der Waals surface area contributed by atoms with E-state index in [0.29, 0.717) is 16.5 Å².